The van der Waals surface area contributed by atoms with Crippen molar-refractivity contribution in [2.75, 3.05) is 13.1 Å². The topological polar surface area (TPSA) is 85.0 Å². The summed E-state index contributed by atoms with van der Waals surface area (Å²) in [5.74, 6) is 1.83. The van der Waals surface area contributed by atoms with Gasteiger partial charge in [-0.3, -0.25) is 4.68 Å². The third-order valence-electron chi connectivity index (χ3n) is 4.57. The number of aliphatic imine (C=N–C) groups is 1. The number of hydrogen-bond acceptors (Lipinski definition) is 5. The van der Waals surface area contributed by atoms with E-state index in [2.05, 4.69) is 72.6 Å². The first-order valence-corrected chi connectivity index (χ1v) is 11.0. The molecule has 0 aliphatic heterocycles. The fourth-order valence-electron chi connectivity index (χ4n) is 3.10. The highest BCUT2D eigenvalue weighted by Gasteiger charge is 2.04. The maximum absolute atomic E-state index is 4.74. The first-order valence-electron chi connectivity index (χ1n) is 10.1. The molecule has 3 aromatic heterocycles. The molecule has 0 aromatic carbocycles. The lowest BCUT2D eigenvalue weighted by Crippen LogP contribution is -2.39. The van der Waals surface area contributed by atoms with E-state index in [1.54, 1.807) is 17.7 Å². The smallest absolute Gasteiger partial charge is 0.191 e. The second-order valence-electron chi connectivity index (χ2n) is 6.90. The number of halogens is 1. The highest BCUT2D eigenvalue weighted by atomic mass is 127. The highest BCUT2D eigenvalue weighted by Crippen LogP contribution is 2.09. The van der Waals surface area contributed by atoms with E-state index >= 15 is 0 Å². The normalized spacial score (nSPS) is 11.4. The van der Waals surface area contributed by atoms with Gasteiger partial charge in [0.2, 0.25) is 0 Å². The molecule has 2 N–H and O–H groups in total. The Hall–Kier alpha value is -1.95. The summed E-state index contributed by atoms with van der Waals surface area (Å²) < 4.78 is 4.14. The molecule has 3 heterocycles. The van der Waals surface area contributed by atoms with Crippen molar-refractivity contribution in [3.05, 3.63) is 52.0 Å². The minimum Gasteiger partial charge on any atom is -0.356 e. The number of guanidine groups is 1. The average molecular weight is 542 g/mol. The first kappa shape index (κ1) is 24.3. The van der Waals surface area contributed by atoms with Gasteiger partial charge in [0.15, 0.2) is 5.96 Å². The maximum Gasteiger partial charge on any atom is 0.191 e. The molecule has 0 radical (unpaired) electrons. The number of nitrogens with zero attached hydrogens (tertiary/aromatic N) is 6. The zero-order valence-corrected chi connectivity index (χ0v) is 21.0. The Balaban J connectivity index is 0.00000320. The van der Waals surface area contributed by atoms with Crippen LogP contribution in [0.2, 0.25) is 0 Å². The van der Waals surface area contributed by atoms with Crippen molar-refractivity contribution in [1.29, 1.82) is 0 Å². The molecule has 0 spiro atoms. The molecular formula is C20H31IN8S. The van der Waals surface area contributed by atoms with Gasteiger partial charge in [-0.15, -0.1) is 45.5 Å². The van der Waals surface area contributed by atoms with Crippen molar-refractivity contribution in [3.8, 4) is 0 Å². The number of aryl methyl sites for hydroxylation is 4. The number of nitrogens with one attached hydrogen (secondary N) is 2. The van der Waals surface area contributed by atoms with Gasteiger partial charge in [-0.2, -0.15) is 5.10 Å². The van der Waals surface area contributed by atoms with Gasteiger partial charge in [0.05, 0.1) is 12.2 Å². The van der Waals surface area contributed by atoms with Crippen molar-refractivity contribution in [3.63, 3.8) is 0 Å². The van der Waals surface area contributed by atoms with Gasteiger partial charge >= 0.3 is 0 Å². The van der Waals surface area contributed by atoms with Crippen molar-refractivity contribution in [2.24, 2.45) is 4.99 Å². The Labute approximate surface area is 199 Å². The second-order valence-corrected chi connectivity index (χ2v) is 7.93. The van der Waals surface area contributed by atoms with Gasteiger partial charge in [0, 0.05) is 43.2 Å². The van der Waals surface area contributed by atoms with Crippen molar-refractivity contribution >= 4 is 41.3 Å². The number of rotatable bonds is 10. The van der Waals surface area contributed by atoms with E-state index < -0.39 is 0 Å². The minimum absolute atomic E-state index is 0. The van der Waals surface area contributed by atoms with Crippen LogP contribution < -0.4 is 10.6 Å². The van der Waals surface area contributed by atoms with E-state index in [1.807, 2.05) is 6.92 Å². The van der Waals surface area contributed by atoms with Gasteiger partial charge in [-0.25, -0.2) is 4.99 Å². The molecule has 8 nitrogen and oxygen atoms in total. The largest absolute Gasteiger partial charge is 0.356 e. The van der Waals surface area contributed by atoms with Gasteiger partial charge < -0.3 is 15.2 Å². The van der Waals surface area contributed by atoms with Crippen LogP contribution in [0.4, 0.5) is 0 Å². The lowest BCUT2D eigenvalue weighted by atomic mass is 10.4. The average Bonchev–Trinajstić information content (AvgIpc) is 3.44. The van der Waals surface area contributed by atoms with Crippen LogP contribution in [-0.2, 0) is 26.1 Å². The molecule has 3 aromatic rings. The summed E-state index contributed by atoms with van der Waals surface area (Å²) in [5, 5.41) is 21.6. The minimum atomic E-state index is 0. The van der Waals surface area contributed by atoms with Gasteiger partial charge in [0.1, 0.15) is 12.2 Å². The van der Waals surface area contributed by atoms with Crippen LogP contribution in [0, 0.1) is 13.8 Å². The summed E-state index contributed by atoms with van der Waals surface area (Å²) >= 11 is 1.73. The zero-order valence-electron chi connectivity index (χ0n) is 17.8. The molecular weight excluding hydrogens is 511 g/mol. The van der Waals surface area contributed by atoms with E-state index in [0.29, 0.717) is 6.54 Å². The molecule has 10 heteroatoms. The summed E-state index contributed by atoms with van der Waals surface area (Å²) in [4.78, 5) is 5.99. The van der Waals surface area contributed by atoms with Crippen molar-refractivity contribution < 1.29 is 0 Å². The Bertz CT molecular complexity index is 900. The summed E-state index contributed by atoms with van der Waals surface area (Å²) in [6, 6.07) is 6.28. The fraction of sp³-hybridized carbons (Fsp3) is 0.500. The van der Waals surface area contributed by atoms with Crippen LogP contribution in [0.15, 0.2) is 34.9 Å². The summed E-state index contributed by atoms with van der Waals surface area (Å²) in [6.07, 6.45) is 3.64. The van der Waals surface area contributed by atoms with Gasteiger partial charge in [0.25, 0.3) is 0 Å². The maximum atomic E-state index is 4.74. The Morgan fingerprint density at radius 3 is 2.73 bits per heavy atom. The van der Waals surface area contributed by atoms with Crippen LogP contribution in [0.3, 0.4) is 0 Å². The van der Waals surface area contributed by atoms with Gasteiger partial charge in [-0.1, -0.05) is 13.0 Å². The molecule has 0 unspecified atom stereocenters. The summed E-state index contributed by atoms with van der Waals surface area (Å²) in [6.45, 7) is 10.2. The van der Waals surface area contributed by atoms with E-state index in [9.17, 15) is 0 Å². The molecule has 0 fully saturated rings. The summed E-state index contributed by atoms with van der Waals surface area (Å²) in [7, 11) is 0. The fourth-order valence-corrected chi connectivity index (χ4v) is 3.73. The van der Waals surface area contributed by atoms with Crippen LogP contribution in [0.5, 0.6) is 0 Å². The predicted molar refractivity (Wildman–Crippen MR) is 133 cm³/mol. The molecule has 0 bridgehead atoms. The standard InChI is InChI=1S/C20H30N8S.HI/c1-4-19-25-24-15-27(19)11-9-22-20(23-14-18-7-5-12-29-18)21-8-6-10-28-17(3)13-16(2)26-28;/h5,7,12-13,15H,4,6,8-11,14H2,1-3H3,(H2,21,22,23);1H. The quantitative estimate of drug-likeness (QED) is 0.178. The third-order valence-corrected chi connectivity index (χ3v) is 5.43. The lowest BCUT2D eigenvalue weighted by Gasteiger charge is -2.13. The molecule has 0 saturated heterocycles. The third kappa shape index (κ3) is 7.38. The zero-order chi connectivity index (χ0) is 20.5. The Morgan fingerprint density at radius 2 is 2.03 bits per heavy atom. The van der Waals surface area contributed by atoms with E-state index in [0.717, 1.165) is 56.5 Å². The summed E-state index contributed by atoms with van der Waals surface area (Å²) in [5.41, 5.74) is 2.27. The Morgan fingerprint density at radius 1 is 1.20 bits per heavy atom. The molecule has 30 heavy (non-hydrogen) atoms. The van der Waals surface area contributed by atoms with Crippen molar-refractivity contribution in [2.45, 2.75) is 53.2 Å². The van der Waals surface area contributed by atoms with Crippen molar-refractivity contribution in [1.82, 2.24) is 35.2 Å². The van der Waals surface area contributed by atoms with Crippen LogP contribution in [0.1, 0.15) is 35.4 Å². The first-order chi connectivity index (χ1) is 14.2. The second kappa shape index (κ2) is 12.7. The lowest BCUT2D eigenvalue weighted by molar-refractivity contribution is 0.553. The van der Waals surface area contributed by atoms with E-state index in [4.69, 9.17) is 4.99 Å². The SMILES string of the molecule is CCc1nncn1CCNC(=NCc1cccs1)NCCCn1nc(C)cc1C.I. The number of thiophene rings is 1. The molecule has 0 aliphatic rings. The highest BCUT2D eigenvalue weighted by molar-refractivity contribution is 14.0. The Kier molecular flexibility index (Phi) is 10.3. The molecule has 3 rings (SSSR count). The number of aromatic nitrogens is 5. The monoisotopic (exact) mass is 542 g/mol. The molecule has 0 atom stereocenters. The predicted octanol–water partition coefficient (Wildman–Crippen LogP) is 3.16. The van der Waals surface area contributed by atoms with Gasteiger partial charge in [-0.05, 0) is 37.8 Å². The van der Waals surface area contributed by atoms with Crippen LogP contribution in [-0.4, -0.2) is 43.6 Å². The van der Waals surface area contributed by atoms with Crippen LogP contribution in [0.25, 0.3) is 0 Å². The molecule has 0 saturated carbocycles. The molecule has 164 valence electrons. The van der Waals surface area contributed by atoms with E-state index in [1.165, 1.54) is 10.6 Å². The van der Waals surface area contributed by atoms with E-state index in [-0.39, 0.29) is 24.0 Å². The van der Waals surface area contributed by atoms with Crippen LogP contribution >= 0.6 is 35.3 Å². The molecule has 0 aliphatic carbocycles. The number of hydrogen-bond donors (Lipinski definition) is 2. The molecule has 0 amide bonds.